The molecular formula is C17H24N2O5S. The molecule has 2 aliphatic rings. The molecule has 2 N–H and O–H groups in total. The maximum absolute atomic E-state index is 13.0. The third-order valence-corrected chi connectivity index (χ3v) is 6.57. The second-order valence-electron chi connectivity index (χ2n) is 6.87. The number of hydrogen-bond donors (Lipinski definition) is 2. The molecule has 1 aromatic rings. The van der Waals surface area contributed by atoms with E-state index in [-0.39, 0.29) is 30.6 Å². The first-order chi connectivity index (χ1) is 11.8. The highest BCUT2D eigenvalue weighted by Gasteiger charge is 2.36. The molecule has 0 saturated carbocycles. The van der Waals surface area contributed by atoms with Crippen molar-refractivity contribution in [2.24, 2.45) is 0 Å². The Balaban J connectivity index is 1.82. The van der Waals surface area contributed by atoms with Gasteiger partial charge in [-0.25, -0.2) is 8.42 Å². The van der Waals surface area contributed by atoms with E-state index >= 15 is 0 Å². The average molecular weight is 368 g/mol. The van der Waals surface area contributed by atoms with Crippen LogP contribution in [0.2, 0.25) is 0 Å². The van der Waals surface area contributed by atoms with Crippen molar-refractivity contribution in [1.82, 2.24) is 4.90 Å². The first-order valence-corrected chi connectivity index (χ1v) is 10.3. The first-order valence-electron chi connectivity index (χ1n) is 8.50. The molecule has 0 spiro atoms. The fourth-order valence-electron chi connectivity index (χ4n) is 3.47. The smallest absolute Gasteiger partial charge is 0.256 e. The lowest BCUT2D eigenvalue weighted by atomic mass is 9.93. The van der Waals surface area contributed by atoms with Gasteiger partial charge in [-0.1, -0.05) is 12.1 Å². The Morgan fingerprint density at radius 2 is 1.84 bits per heavy atom. The Morgan fingerprint density at radius 3 is 2.52 bits per heavy atom. The molecule has 1 amide bonds. The number of carbonyl (C=O) groups is 1. The van der Waals surface area contributed by atoms with Gasteiger partial charge in [0.2, 0.25) is 0 Å². The van der Waals surface area contributed by atoms with Gasteiger partial charge < -0.3 is 20.0 Å². The normalized spacial score (nSPS) is 26.5. The molecule has 2 aliphatic heterocycles. The van der Waals surface area contributed by atoms with Gasteiger partial charge >= 0.3 is 0 Å². The number of rotatable bonds is 3. The zero-order valence-corrected chi connectivity index (χ0v) is 14.9. The minimum absolute atomic E-state index is 0.0868. The summed E-state index contributed by atoms with van der Waals surface area (Å²) in [5.41, 5.74) is -0.0216. The van der Waals surface area contributed by atoms with Crippen LogP contribution in [0.5, 0.6) is 0 Å². The predicted molar refractivity (Wildman–Crippen MR) is 94.5 cm³/mol. The fourth-order valence-corrected chi connectivity index (χ4v) is 4.67. The maximum atomic E-state index is 13.0. The van der Waals surface area contributed by atoms with Crippen LogP contribution >= 0.6 is 0 Å². The summed E-state index contributed by atoms with van der Waals surface area (Å²) in [5.74, 6) is -0.0249. The molecule has 1 atom stereocenters. The van der Waals surface area contributed by atoms with Gasteiger partial charge in [0, 0.05) is 25.3 Å². The first kappa shape index (κ1) is 18.2. The van der Waals surface area contributed by atoms with Crippen LogP contribution in [0.4, 0.5) is 5.69 Å². The molecule has 2 saturated heterocycles. The van der Waals surface area contributed by atoms with Crippen LogP contribution in [0.25, 0.3) is 0 Å². The standard InChI is InChI=1S/C17H24N2O5S/c20-13-17(22)6-3-7-19(12-17)16(21)14-4-1-2-5-15(14)18-8-10-25(23,24)11-9-18/h1-2,4-5,20,22H,3,6-13H2/t17-/m0/s1. The van der Waals surface area contributed by atoms with Gasteiger partial charge in [-0.05, 0) is 25.0 Å². The Hall–Kier alpha value is -1.64. The van der Waals surface area contributed by atoms with E-state index in [9.17, 15) is 23.4 Å². The molecule has 0 bridgehead atoms. The van der Waals surface area contributed by atoms with Crippen LogP contribution in [0.15, 0.2) is 24.3 Å². The topological polar surface area (TPSA) is 98.2 Å². The van der Waals surface area contributed by atoms with Crippen molar-refractivity contribution in [3.05, 3.63) is 29.8 Å². The number of aliphatic hydroxyl groups excluding tert-OH is 1. The zero-order chi connectivity index (χ0) is 18.1. The van der Waals surface area contributed by atoms with Crippen molar-refractivity contribution < 1.29 is 23.4 Å². The lowest BCUT2D eigenvalue weighted by Crippen LogP contribution is -2.52. The van der Waals surface area contributed by atoms with Gasteiger partial charge in [0.25, 0.3) is 5.91 Å². The van der Waals surface area contributed by atoms with Crippen LogP contribution in [-0.2, 0) is 9.84 Å². The van der Waals surface area contributed by atoms with Gasteiger partial charge in [-0.2, -0.15) is 0 Å². The van der Waals surface area contributed by atoms with E-state index in [0.29, 0.717) is 38.0 Å². The van der Waals surface area contributed by atoms with Crippen molar-refractivity contribution in [3.8, 4) is 0 Å². The van der Waals surface area contributed by atoms with Crippen LogP contribution in [-0.4, -0.2) is 79.3 Å². The number of nitrogens with zero attached hydrogens (tertiary/aromatic N) is 2. The number of carbonyl (C=O) groups excluding carboxylic acids is 1. The number of benzene rings is 1. The highest BCUT2D eigenvalue weighted by atomic mass is 32.2. The summed E-state index contributed by atoms with van der Waals surface area (Å²) in [6.07, 6.45) is 1.10. The quantitative estimate of drug-likeness (QED) is 0.772. The molecule has 7 nitrogen and oxygen atoms in total. The summed E-state index contributed by atoms with van der Waals surface area (Å²) in [4.78, 5) is 16.5. The number of aliphatic hydroxyl groups is 2. The molecule has 2 heterocycles. The van der Waals surface area contributed by atoms with E-state index < -0.39 is 15.4 Å². The Bertz CT molecular complexity index is 737. The minimum atomic E-state index is -2.99. The average Bonchev–Trinajstić information content (AvgIpc) is 2.61. The highest BCUT2D eigenvalue weighted by molar-refractivity contribution is 7.91. The van der Waals surface area contributed by atoms with Crippen molar-refractivity contribution in [3.63, 3.8) is 0 Å². The lowest BCUT2D eigenvalue weighted by Gasteiger charge is -2.39. The largest absolute Gasteiger partial charge is 0.393 e. The number of likely N-dealkylation sites (tertiary alicyclic amines) is 1. The fraction of sp³-hybridized carbons (Fsp3) is 0.588. The number of piperidine rings is 1. The van der Waals surface area contributed by atoms with E-state index in [0.717, 1.165) is 5.69 Å². The molecule has 3 rings (SSSR count). The van der Waals surface area contributed by atoms with Crippen LogP contribution in [0.1, 0.15) is 23.2 Å². The van der Waals surface area contributed by atoms with Gasteiger partial charge in [0.05, 0.1) is 30.2 Å². The van der Waals surface area contributed by atoms with E-state index in [1.807, 2.05) is 17.0 Å². The van der Waals surface area contributed by atoms with Crippen molar-refractivity contribution in [1.29, 1.82) is 0 Å². The summed E-state index contributed by atoms with van der Waals surface area (Å²) in [6, 6.07) is 7.16. The Kier molecular flexibility index (Phi) is 5.04. The lowest BCUT2D eigenvalue weighted by molar-refractivity contribution is -0.0598. The minimum Gasteiger partial charge on any atom is -0.393 e. The maximum Gasteiger partial charge on any atom is 0.256 e. The molecule has 8 heteroatoms. The van der Waals surface area contributed by atoms with Crippen molar-refractivity contribution in [2.45, 2.75) is 18.4 Å². The number of sulfone groups is 1. The molecule has 2 fully saturated rings. The van der Waals surface area contributed by atoms with E-state index in [2.05, 4.69) is 0 Å². The van der Waals surface area contributed by atoms with E-state index in [1.165, 1.54) is 0 Å². The Labute approximate surface area is 147 Å². The summed E-state index contributed by atoms with van der Waals surface area (Å²) in [5, 5.41) is 19.7. The van der Waals surface area contributed by atoms with Crippen molar-refractivity contribution >= 4 is 21.4 Å². The second kappa shape index (κ2) is 6.93. The number of para-hydroxylation sites is 1. The molecule has 138 valence electrons. The molecule has 0 aromatic heterocycles. The molecule has 1 aromatic carbocycles. The third-order valence-electron chi connectivity index (χ3n) is 4.96. The Morgan fingerprint density at radius 1 is 1.16 bits per heavy atom. The van der Waals surface area contributed by atoms with Crippen LogP contribution in [0, 0.1) is 0 Å². The summed E-state index contributed by atoms with van der Waals surface area (Å²) in [6.45, 7) is 0.998. The van der Waals surface area contributed by atoms with Crippen LogP contribution in [0.3, 0.4) is 0 Å². The summed E-state index contributed by atoms with van der Waals surface area (Å²) >= 11 is 0. The SMILES string of the molecule is O=C(c1ccccc1N1CCS(=O)(=O)CC1)N1CCC[C@@](O)(CO)C1. The second-order valence-corrected chi connectivity index (χ2v) is 9.17. The molecule has 0 radical (unpaired) electrons. The number of amides is 1. The number of hydrogen-bond acceptors (Lipinski definition) is 6. The molecule has 0 aliphatic carbocycles. The highest BCUT2D eigenvalue weighted by Crippen LogP contribution is 2.27. The number of β-amino-alcohol motifs (C(OH)–C–C–N with tert-alkyl or cyclic N) is 1. The third kappa shape index (κ3) is 3.96. The van der Waals surface area contributed by atoms with Crippen molar-refractivity contribution in [2.75, 3.05) is 49.2 Å². The zero-order valence-electron chi connectivity index (χ0n) is 14.1. The van der Waals surface area contributed by atoms with Gasteiger partial charge in [-0.3, -0.25) is 4.79 Å². The molecular weight excluding hydrogens is 344 g/mol. The van der Waals surface area contributed by atoms with Crippen LogP contribution < -0.4 is 4.90 Å². The summed E-state index contributed by atoms with van der Waals surface area (Å²) in [7, 11) is -2.99. The monoisotopic (exact) mass is 368 g/mol. The van der Waals surface area contributed by atoms with E-state index in [4.69, 9.17) is 0 Å². The molecule has 25 heavy (non-hydrogen) atoms. The number of anilines is 1. The molecule has 0 unspecified atom stereocenters. The summed E-state index contributed by atoms with van der Waals surface area (Å²) < 4.78 is 23.3. The van der Waals surface area contributed by atoms with Gasteiger partial charge in [0.15, 0.2) is 9.84 Å². The van der Waals surface area contributed by atoms with Gasteiger partial charge in [0.1, 0.15) is 5.60 Å². The van der Waals surface area contributed by atoms with Gasteiger partial charge in [-0.15, -0.1) is 0 Å². The predicted octanol–water partition coefficient (Wildman–Crippen LogP) is -0.119. The van der Waals surface area contributed by atoms with E-state index in [1.54, 1.807) is 17.0 Å².